The summed E-state index contributed by atoms with van der Waals surface area (Å²) in [6.07, 6.45) is 1.62. The first-order valence-corrected chi connectivity index (χ1v) is 7.30. The lowest BCUT2D eigenvalue weighted by Gasteiger charge is -2.20. The van der Waals surface area contributed by atoms with Gasteiger partial charge in [-0.05, 0) is 19.1 Å². The number of halogens is 2. The molecule has 0 saturated heterocycles. The molecule has 0 radical (unpaired) electrons. The van der Waals surface area contributed by atoms with Crippen molar-refractivity contribution >= 4 is 27.5 Å². The van der Waals surface area contributed by atoms with Crippen LogP contribution in [0.2, 0.25) is 5.02 Å². The van der Waals surface area contributed by atoms with E-state index in [-0.39, 0.29) is 6.04 Å². The Morgan fingerprint density at radius 3 is 2.90 bits per heavy atom. The molecule has 1 aromatic carbocycles. The molecular formula is C13H16BrClN4O. The van der Waals surface area contributed by atoms with Crippen molar-refractivity contribution < 1.29 is 4.74 Å². The number of hydrogen-bond donors (Lipinski definition) is 2. The van der Waals surface area contributed by atoms with Crippen LogP contribution in [0.1, 0.15) is 24.2 Å². The van der Waals surface area contributed by atoms with Crippen molar-refractivity contribution in [3.05, 3.63) is 45.1 Å². The van der Waals surface area contributed by atoms with E-state index < -0.39 is 0 Å². The van der Waals surface area contributed by atoms with Gasteiger partial charge in [0.2, 0.25) is 0 Å². The third kappa shape index (κ3) is 2.83. The van der Waals surface area contributed by atoms with Crippen LogP contribution >= 0.6 is 27.5 Å². The highest BCUT2D eigenvalue weighted by molar-refractivity contribution is 9.10. The van der Waals surface area contributed by atoms with Crippen LogP contribution in [0.15, 0.2) is 28.9 Å². The minimum absolute atomic E-state index is 0.298. The normalized spacial score (nSPS) is 12.4. The van der Waals surface area contributed by atoms with Gasteiger partial charge in [-0.15, -0.1) is 0 Å². The van der Waals surface area contributed by atoms with Gasteiger partial charge in [0.15, 0.2) is 0 Å². The Hall–Kier alpha value is -1.08. The van der Waals surface area contributed by atoms with E-state index in [1.54, 1.807) is 13.3 Å². The number of methoxy groups -OCH3 is 1. The zero-order valence-corrected chi connectivity index (χ0v) is 13.6. The Morgan fingerprint density at radius 2 is 2.30 bits per heavy atom. The van der Waals surface area contributed by atoms with Gasteiger partial charge in [-0.25, -0.2) is 5.43 Å². The van der Waals surface area contributed by atoms with Gasteiger partial charge in [-0.2, -0.15) is 5.10 Å². The average molecular weight is 360 g/mol. The van der Waals surface area contributed by atoms with E-state index in [1.165, 1.54) is 0 Å². The molecule has 0 aliphatic heterocycles. The first kappa shape index (κ1) is 15.3. The molecule has 2 aromatic rings. The molecule has 1 heterocycles. The number of nitrogens with two attached hydrogens (primary N) is 1. The number of hydrazine groups is 1. The number of aromatic nitrogens is 2. The molecular weight excluding hydrogens is 344 g/mol. The first-order valence-electron chi connectivity index (χ1n) is 6.13. The molecule has 0 fully saturated rings. The summed E-state index contributed by atoms with van der Waals surface area (Å²) in [6.45, 7) is 2.71. The fourth-order valence-corrected chi connectivity index (χ4v) is 2.74. The Labute approximate surface area is 131 Å². The van der Waals surface area contributed by atoms with Gasteiger partial charge in [-0.1, -0.05) is 33.6 Å². The van der Waals surface area contributed by atoms with E-state index in [0.717, 1.165) is 21.5 Å². The van der Waals surface area contributed by atoms with Crippen LogP contribution in [0.5, 0.6) is 5.75 Å². The minimum Gasteiger partial charge on any atom is -0.496 e. The zero-order valence-electron chi connectivity index (χ0n) is 11.2. The van der Waals surface area contributed by atoms with Crippen LogP contribution in [0, 0.1) is 0 Å². The minimum atomic E-state index is -0.298. The number of nitrogens with zero attached hydrogens (tertiary/aromatic N) is 2. The summed E-state index contributed by atoms with van der Waals surface area (Å²) < 4.78 is 8.17. The van der Waals surface area contributed by atoms with E-state index >= 15 is 0 Å². The number of nitrogens with one attached hydrogen (secondary N) is 1. The van der Waals surface area contributed by atoms with Gasteiger partial charge in [0, 0.05) is 16.6 Å². The zero-order chi connectivity index (χ0) is 14.7. The molecule has 108 valence electrons. The summed E-state index contributed by atoms with van der Waals surface area (Å²) in [4.78, 5) is 0. The van der Waals surface area contributed by atoms with E-state index in [0.29, 0.717) is 11.6 Å². The van der Waals surface area contributed by atoms with Crippen molar-refractivity contribution in [2.75, 3.05) is 7.11 Å². The van der Waals surface area contributed by atoms with Crippen LogP contribution in [-0.2, 0) is 6.54 Å². The lowest BCUT2D eigenvalue weighted by atomic mass is 10.0. The highest BCUT2D eigenvalue weighted by Gasteiger charge is 2.23. The Bertz CT molecular complexity index is 602. The van der Waals surface area contributed by atoms with Crippen molar-refractivity contribution in [2.45, 2.75) is 19.5 Å². The molecule has 0 amide bonds. The molecule has 5 nitrogen and oxygen atoms in total. The molecule has 0 aliphatic carbocycles. The molecule has 1 aromatic heterocycles. The molecule has 0 saturated carbocycles. The quantitative estimate of drug-likeness (QED) is 0.636. The highest BCUT2D eigenvalue weighted by Crippen LogP contribution is 2.34. The van der Waals surface area contributed by atoms with Crippen molar-refractivity contribution in [2.24, 2.45) is 5.84 Å². The number of hydrogen-bond acceptors (Lipinski definition) is 4. The van der Waals surface area contributed by atoms with E-state index in [4.69, 9.17) is 22.2 Å². The van der Waals surface area contributed by atoms with E-state index in [9.17, 15) is 0 Å². The number of benzene rings is 1. The van der Waals surface area contributed by atoms with Gasteiger partial charge in [0.05, 0.1) is 30.1 Å². The second kappa shape index (κ2) is 6.58. The van der Waals surface area contributed by atoms with E-state index in [2.05, 4.69) is 26.5 Å². The standard InChI is InChI=1S/C13H16BrClN4O/c1-3-19-13(10(15)7-17-19)12(18-16)9-5-4-8(14)6-11(9)20-2/h4-7,12,18H,3,16H2,1-2H3. The second-order valence-corrected chi connectivity index (χ2v) is 5.50. The summed E-state index contributed by atoms with van der Waals surface area (Å²) in [5, 5.41) is 4.81. The molecule has 0 bridgehead atoms. The first-order chi connectivity index (χ1) is 9.62. The predicted octanol–water partition coefficient (Wildman–Crippen LogP) is 2.88. The second-order valence-electron chi connectivity index (χ2n) is 4.18. The van der Waals surface area contributed by atoms with Crippen molar-refractivity contribution in [3.63, 3.8) is 0 Å². The maximum atomic E-state index is 6.24. The lowest BCUT2D eigenvalue weighted by Crippen LogP contribution is -2.31. The molecule has 1 atom stereocenters. The van der Waals surface area contributed by atoms with Crippen molar-refractivity contribution in [1.29, 1.82) is 0 Å². The van der Waals surface area contributed by atoms with Crippen molar-refractivity contribution in [3.8, 4) is 5.75 Å². The highest BCUT2D eigenvalue weighted by atomic mass is 79.9. The summed E-state index contributed by atoms with van der Waals surface area (Å²) in [7, 11) is 1.62. The molecule has 7 heteroatoms. The average Bonchev–Trinajstić information content (AvgIpc) is 2.82. The van der Waals surface area contributed by atoms with Crippen LogP contribution in [0.3, 0.4) is 0 Å². The fraction of sp³-hybridized carbons (Fsp3) is 0.308. The van der Waals surface area contributed by atoms with Crippen molar-refractivity contribution in [1.82, 2.24) is 15.2 Å². The van der Waals surface area contributed by atoms with Crippen LogP contribution in [-0.4, -0.2) is 16.9 Å². The maximum Gasteiger partial charge on any atom is 0.125 e. The summed E-state index contributed by atoms with van der Waals surface area (Å²) in [6, 6.07) is 5.47. The summed E-state index contributed by atoms with van der Waals surface area (Å²) in [5.41, 5.74) is 4.51. The van der Waals surface area contributed by atoms with Gasteiger partial charge >= 0.3 is 0 Å². The van der Waals surface area contributed by atoms with E-state index in [1.807, 2.05) is 29.8 Å². The molecule has 0 aliphatic rings. The smallest absolute Gasteiger partial charge is 0.125 e. The SMILES string of the molecule is CCn1ncc(Cl)c1C(NN)c1ccc(Br)cc1OC. The topological polar surface area (TPSA) is 65.1 Å². The largest absolute Gasteiger partial charge is 0.496 e. The molecule has 3 N–H and O–H groups in total. The maximum absolute atomic E-state index is 6.24. The van der Waals surface area contributed by atoms with Crippen LogP contribution in [0.25, 0.3) is 0 Å². The predicted molar refractivity (Wildman–Crippen MR) is 82.8 cm³/mol. The van der Waals surface area contributed by atoms with Crippen LogP contribution < -0.4 is 16.0 Å². The van der Waals surface area contributed by atoms with Crippen LogP contribution in [0.4, 0.5) is 0 Å². The fourth-order valence-electron chi connectivity index (χ4n) is 2.15. The molecule has 1 unspecified atom stereocenters. The third-order valence-corrected chi connectivity index (χ3v) is 3.86. The number of rotatable bonds is 5. The molecule has 20 heavy (non-hydrogen) atoms. The van der Waals surface area contributed by atoms with Gasteiger partial charge in [0.25, 0.3) is 0 Å². The number of aryl methyl sites for hydroxylation is 1. The van der Waals surface area contributed by atoms with Gasteiger partial charge in [0.1, 0.15) is 5.75 Å². The molecule has 2 rings (SSSR count). The summed E-state index contributed by atoms with van der Waals surface area (Å²) >= 11 is 9.67. The Balaban J connectivity index is 2.55. The van der Waals surface area contributed by atoms with Gasteiger partial charge in [-0.3, -0.25) is 10.5 Å². The Kier molecular flexibility index (Phi) is 5.04. The molecule has 0 spiro atoms. The summed E-state index contributed by atoms with van der Waals surface area (Å²) in [5.74, 6) is 6.46. The lowest BCUT2D eigenvalue weighted by molar-refractivity contribution is 0.402. The monoisotopic (exact) mass is 358 g/mol. The van der Waals surface area contributed by atoms with Gasteiger partial charge < -0.3 is 4.74 Å². The third-order valence-electron chi connectivity index (χ3n) is 3.08. The Morgan fingerprint density at radius 1 is 1.55 bits per heavy atom. The number of ether oxygens (including phenoxy) is 1.